The molecule has 1 aromatic rings. The number of nitrogen functional groups attached to an aromatic ring is 1. The van der Waals surface area contributed by atoms with Gasteiger partial charge in [0.25, 0.3) is 0 Å². The third-order valence-corrected chi connectivity index (χ3v) is 4.69. The van der Waals surface area contributed by atoms with Gasteiger partial charge in [-0.15, -0.1) is 0 Å². The number of anilines is 1. The molecule has 0 bridgehead atoms. The van der Waals surface area contributed by atoms with Gasteiger partial charge in [0.1, 0.15) is 17.5 Å². The lowest BCUT2D eigenvalue weighted by atomic mass is 10.1. The van der Waals surface area contributed by atoms with Crippen LogP contribution in [-0.2, 0) is 14.3 Å². The number of fused-ring (bicyclic) bond motifs is 1. The molecule has 0 aromatic carbocycles. The fourth-order valence-electron chi connectivity index (χ4n) is 3.29. The second-order valence-corrected chi connectivity index (χ2v) is 6.48. The third kappa shape index (κ3) is 2.19. The Morgan fingerprint density at radius 1 is 1.69 bits per heavy atom. The number of azide groups is 1. The van der Waals surface area contributed by atoms with Crippen LogP contribution < -0.4 is 11.4 Å². The topological polar surface area (TPSA) is 165 Å². The van der Waals surface area contributed by atoms with Gasteiger partial charge in [-0.3, -0.25) is 9.36 Å². The lowest BCUT2D eigenvalue weighted by Crippen LogP contribution is -2.41. The maximum atomic E-state index is 15.4. The number of nitrogens with two attached hydrogens (primary N) is 1. The highest BCUT2D eigenvalue weighted by atomic mass is 19.1. The number of aliphatic hydroxyl groups is 1. The summed E-state index contributed by atoms with van der Waals surface area (Å²) in [4.78, 5) is 30.2. The second kappa shape index (κ2) is 5.94. The third-order valence-electron chi connectivity index (χ3n) is 4.69. The van der Waals surface area contributed by atoms with Crippen LogP contribution in [0, 0.1) is 5.92 Å². The number of hydrogen-bond acceptors (Lipinski definition) is 8. The SMILES string of the molecule is CC(C)C(=O)O[C@]12C(N=[N+]=[N-])[C@]1(CO)O[C@@H](n1ccc(N)nc1=O)[C@@H]2F. The van der Waals surface area contributed by atoms with Crippen LogP contribution >= 0.6 is 0 Å². The van der Waals surface area contributed by atoms with Crippen LogP contribution in [0.1, 0.15) is 20.1 Å². The summed E-state index contributed by atoms with van der Waals surface area (Å²) >= 11 is 0. The molecule has 1 unspecified atom stereocenters. The molecule has 1 saturated heterocycles. The number of carbonyl (C=O) groups is 1. The van der Waals surface area contributed by atoms with Crippen molar-refractivity contribution in [2.45, 2.75) is 43.5 Å². The predicted molar refractivity (Wildman–Crippen MR) is 84.3 cm³/mol. The summed E-state index contributed by atoms with van der Waals surface area (Å²) in [5, 5.41) is 13.2. The van der Waals surface area contributed by atoms with Crippen LogP contribution in [0.2, 0.25) is 0 Å². The second-order valence-electron chi connectivity index (χ2n) is 6.48. The van der Waals surface area contributed by atoms with E-state index in [1.807, 2.05) is 0 Å². The largest absolute Gasteiger partial charge is 0.452 e. The summed E-state index contributed by atoms with van der Waals surface area (Å²) in [6.07, 6.45) is -2.44. The van der Waals surface area contributed by atoms with Gasteiger partial charge in [0.05, 0.1) is 12.5 Å². The minimum absolute atomic E-state index is 0.0606. The van der Waals surface area contributed by atoms with E-state index in [0.29, 0.717) is 0 Å². The molecule has 140 valence electrons. The molecule has 0 radical (unpaired) electrons. The highest BCUT2D eigenvalue weighted by Crippen LogP contribution is 2.67. The van der Waals surface area contributed by atoms with Crippen molar-refractivity contribution in [1.82, 2.24) is 9.55 Å². The van der Waals surface area contributed by atoms with Crippen molar-refractivity contribution in [1.29, 1.82) is 0 Å². The van der Waals surface area contributed by atoms with Gasteiger partial charge in [-0.25, -0.2) is 9.18 Å². The number of aliphatic hydroxyl groups excluding tert-OH is 1. The van der Waals surface area contributed by atoms with Crippen molar-refractivity contribution in [2.75, 3.05) is 12.3 Å². The normalized spacial score (nSPS) is 34.9. The Kier molecular flexibility index (Phi) is 4.14. The lowest BCUT2D eigenvalue weighted by Gasteiger charge is -2.24. The average molecular weight is 368 g/mol. The summed E-state index contributed by atoms with van der Waals surface area (Å²) in [6, 6.07) is 0.00137. The molecule has 5 atom stereocenters. The van der Waals surface area contributed by atoms with Gasteiger partial charge >= 0.3 is 11.7 Å². The van der Waals surface area contributed by atoms with E-state index < -0.39 is 53.8 Å². The van der Waals surface area contributed by atoms with E-state index in [2.05, 4.69) is 15.0 Å². The molecule has 12 heteroatoms. The van der Waals surface area contributed by atoms with Gasteiger partial charge in [0.15, 0.2) is 18.0 Å². The minimum Gasteiger partial charge on any atom is -0.452 e. The lowest BCUT2D eigenvalue weighted by molar-refractivity contribution is -0.161. The Bertz CT molecular complexity index is 854. The Labute approximate surface area is 146 Å². The monoisotopic (exact) mass is 368 g/mol. The number of esters is 1. The van der Waals surface area contributed by atoms with Crippen LogP contribution in [-0.4, -0.2) is 50.6 Å². The van der Waals surface area contributed by atoms with Gasteiger partial charge in [0.2, 0.25) is 0 Å². The number of ether oxygens (including phenoxy) is 2. The Morgan fingerprint density at radius 3 is 2.92 bits per heavy atom. The summed E-state index contributed by atoms with van der Waals surface area (Å²) < 4.78 is 27.0. The van der Waals surface area contributed by atoms with Crippen LogP contribution in [0.5, 0.6) is 0 Å². The molecule has 3 rings (SSSR count). The van der Waals surface area contributed by atoms with E-state index in [0.717, 1.165) is 4.57 Å². The van der Waals surface area contributed by atoms with Crippen molar-refractivity contribution < 1.29 is 23.8 Å². The van der Waals surface area contributed by atoms with E-state index in [1.54, 1.807) is 13.8 Å². The first-order valence-corrected chi connectivity index (χ1v) is 7.79. The maximum absolute atomic E-state index is 15.4. The number of nitrogens with zero attached hydrogens (tertiary/aromatic N) is 5. The molecule has 1 aromatic heterocycles. The maximum Gasteiger partial charge on any atom is 0.351 e. The highest BCUT2D eigenvalue weighted by Gasteiger charge is 2.91. The first kappa shape index (κ1) is 18.1. The average Bonchev–Trinajstić information content (AvgIpc) is 3.03. The van der Waals surface area contributed by atoms with Crippen LogP contribution in [0.25, 0.3) is 10.4 Å². The zero-order chi connectivity index (χ0) is 19.3. The van der Waals surface area contributed by atoms with E-state index in [-0.39, 0.29) is 5.82 Å². The molecule has 2 fully saturated rings. The molecule has 1 aliphatic heterocycles. The molecular weight excluding hydrogens is 351 g/mol. The molecular formula is C14H17FN6O5. The van der Waals surface area contributed by atoms with Crippen LogP contribution in [0.4, 0.5) is 10.2 Å². The van der Waals surface area contributed by atoms with E-state index in [1.165, 1.54) is 12.3 Å². The number of carbonyl (C=O) groups excluding carboxylic acids is 1. The molecule has 1 saturated carbocycles. The zero-order valence-electron chi connectivity index (χ0n) is 13.9. The first-order valence-electron chi connectivity index (χ1n) is 7.79. The van der Waals surface area contributed by atoms with Crippen molar-refractivity contribution in [2.24, 2.45) is 11.0 Å². The van der Waals surface area contributed by atoms with Crippen molar-refractivity contribution in [3.05, 3.63) is 33.2 Å². The minimum atomic E-state index is -2.09. The standard InChI is InChI=1S/C14H17FN6O5/c1-6(2)10(23)26-14-8(15)9(21-4-3-7(16)18-12(21)24)25-13(14,5-22)11(14)19-20-17/h3-4,6,8-9,11,22H,5H2,1-2H3,(H2,16,18,24)/t8-,9+,11?,13-,14+/m0/s1. The summed E-state index contributed by atoms with van der Waals surface area (Å²) in [5.74, 6) is -1.41. The molecule has 2 heterocycles. The van der Waals surface area contributed by atoms with Gasteiger partial charge in [-0.05, 0) is 11.6 Å². The summed E-state index contributed by atoms with van der Waals surface area (Å²) in [5.41, 5.74) is 9.45. The Hall–Kier alpha value is -2.69. The summed E-state index contributed by atoms with van der Waals surface area (Å²) in [7, 11) is 0. The molecule has 26 heavy (non-hydrogen) atoms. The summed E-state index contributed by atoms with van der Waals surface area (Å²) in [6.45, 7) is 2.30. The fourth-order valence-corrected chi connectivity index (χ4v) is 3.29. The number of hydrogen-bond donors (Lipinski definition) is 2. The quantitative estimate of drug-likeness (QED) is 0.321. The van der Waals surface area contributed by atoms with E-state index in [9.17, 15) is 14.7 Å². The zero-order valence-corrected chi connectivity index (χ0v) is 13.9. The molecule has 1 aliphatic carbocycles. The first-order chi connectivity index (χ1) is 12.2. The van der Waals surface area contributed by atoms with Gasteiger partial charge in [-0.2, -0.15) is 4.98 Å². The smallest absolute Gasteiger partial charge is 0.351 e. The van der Waals surface area contributed by atoms with Crippen molar-refractivity contribution in [3.8, 4) is 0 Å². The van der Waals surface area contributed by atoms with E-state index in [4.69, 9.17) is 20.7 Å². The number of rotatable bonds is 5. The van der Waals surface area contributed by atoms with E-state index >= 15 is 4.39 Å². The number of halogens is 1. The number of aromatic nitrogens is 2. The predicted octanol–water partition coefficient (Wildman–Crippen LogP) is 0.0540. The van der Waals surface area contributed by atoms with Crippen LogP contribution in [0.15, 0.2) is 22.2 Å². The number of alkyl halides is 1. The van der Waals surface area contributed by atoms with Gasteiger partial charge in [0, 0.05) is 11.1 Å². The molecule has 3 N–H and O–H groups in total. The Balaban J connectivity index is 2.05. The van der Waals surface area contributed by atoms with Crippen molar-refractivity contribution >= 4 is 11.8 Å². The molecule has 2 aliphatic rings. The highest BCUT2D eigenvalue weighted by molar-refractivity contribution is 5.73. The fraction of sp³-hybridized carbons (Fsp3) is 0.643. The van der Waals surface area contributed by atoms with Gasteiger partial charge in [-0.1, -0.05) is 19.0 Å². The Morgan fingerprint density at radius 2 is 2.38 bits per heavy atom. The van der Waals surface area contributed by atoms with Crippen molar-refractivity contribution in [3.63, 3.8) is 0 Å². The van der Waals surface area contributed by atoms with Gasteiger partial charge < -0.3 is 20.3 Å². The molecule has 0 amide bonds. The van der Waals surface area contributed by atoms with Crippen LogP contribution in [0.3, 0.4) is 0 Å². The molecule has 11 nitrogen and oxygen atoms in total. The molecule has 0 spiro atoms.